The highest BCUT2D eigenvalue weighted by Gasteiger charge is 2.27. The number of hydrogen-bond donors (Lipinski definition) is 0. The molecule has 166 valence electrons. The van der Waals surface area contributed by atoms with Crippen LogP contribution in [0.2, 0.25) is 5.02 Å². The normalized spacial score (nSPS) is 15.0. The Kier molecular flexibility index (Phi) is 5.86. The number of anilines is 1. The van der Waals surface area contributed by atoms with Crippen LogP contribution in [-0.4, -0.2) is 64.6 Å². The minimum absolute atomic E-state index is 0.0998. The quantitative estimate of drug-likeness (QED) is 0.438. The molecule has 0 N–H and O–H groups in total. The lowest BCUT2D eigenvalue weighted by Crippen LogP contribution is -2.43. The molecule has 0 bridgehead atoms. The maximum Gasteiger partial charge on any atom is 0.279 e. The SMILES string of the molecule is Cc1nc2ccccn2c1C(=O)N(CCN1CCOCC1)c1nc2c(C)cc(Cl)cc2s1. The molecule has 0 saturated carbocycles. The first-order chi connectivity index (χ1) is 15.5. The molecule has 5 rings (SSSR count). The predicted molar refractivity (Wildman–Crippen MR) is 128 cm³/mol. The van der Waals surface area contributed by atoms with Gasteiger partial charge in [0.15, 0.2) is 5.13 Å². The molecule has 1 aliphatic heterocycles. The van der Waals surface area contributed by atoms with Crippen molar-refractivity contribution >= 4 is 49.8 Å². The summed E-state index contributed by atoms with van der Waals surface area (Å²) in [5.41, 5.74) is 3.91. The van der Waals surface area contributed by atoms with Gasteiger partial charge in [-0.3, -0.25) is 19.0 Å². The topological polar surface area (TPSA) is 63.0 Å². The van der Waals surface area contributed by atoms with E-state index in [4.69, 9.17) is 21.3 Å². The molecule has 1 saturated heterocycles. The zero-order valence-corrected chi connectivity index (χ0v) is 19.6. The van der Waals surface area contributed by atoms with Crippen LogP contribution in [0.1, 0.15) is 21.7 Å². The van der Waals surface area contributed by atoms with Gasteiger partial charge in [-0.1, -0.05) is 29.0 Å². The van der Waals surface area contributed by atoms with E-state index in [2.05, 4.69) is 9.88 Å². The fourth-order valence-electron chi connectivity index (χ4n) is 4.11. The second-order valence-electron chi connectivity index (χ2n) is 7.95. The Bertz CT molecular complexity index is 1290. The number of thiazole rings is 1. The Morgan fingerprint density at radius 2 is 2.03 bits per heavy atom. The van der Waals surface area contributed by atoms with Gasteiger partial charge in [-0.15, -0.1) is 0 Å². The van der Waals surface area contributed by atoms with Crippen molar-refractivity contribution in [2.24, 2.45) is 0 Å². The zero-order valence-electron chi connectivity index (χ0n) is 18.0. The lowest BCUT2D eigenvalue weighted by Gasteiger charge is -2.29. The molecular formula is C23H24ClN5O2S. The van der Waals surface area contributed by atoms with Crippen LogP contribution in [0.4, 0.5) is 5.13 Å². The number of amides is 1. The molecule has 0 atom stereocenters. The molecular weight excluding hydrogens is 446 g/mol. The van der Waals surface area contributed by atoms with Crippen molar-refractivity contribution in [2.75, 3.05) is 44.3 Å². The Labute approximate surface area is 195 Å². The molecule has 0 radical (unpaired) electrons. The van der Waals surface area contributed by atoms with Gasteiger partial charge in [0, 0.05) is 37.4 Å². The number of aromatic nitrogens is 3. The molecule has 4 heterocycles. The largest absolute Gasteiger partial charge is 0.379 e. The third-order valence-electron chi connectivity index (χ3n) is 5.77. The van der Waals surface area contributed by atoms with Crippen molar-refractivity contribution in [3.8, 4) is 0 Å². The predicted octanol–water partition coefficient (Wildman–Crippen LogP) is 4.19. The van der Waals surface area contributed by atoms with E-state index in [1.165, 1.54) is 11.3 Å². The third-order valence-corrected chi connectivity index (χ3v) is 7.01. The molecule has 1 aliphatic rings. The van der Waals surface area contributed by atoms with E-state index in [-0.39, 0.29) is 5.91 Å². The van der Waals surface area contributed by atoms with Crippen LogP contribution in [-0.2, 0) is 4.74 Å². The van der Waals surface area contributed by atoms with Crippen molar-refractivity contribution in [1.29, 1.82) is 0 Å². The summed E-state index contributed by atoms with van der Waals surface area (Å²) >= 11 is 7.77. The smallest absolute Gasteiger partial charge is 0.279 e. The van der Waals surface area contributed by atoms with E-state index in [9.17, 15) is 4.79 Å². The number of morpholine rings is 1. The summed E-state index contributed by atoms with van der Waals surface area (Å²) in [5.74, 6) is -0.0998. The van der Waals surface area contributed by atoms with Gasteiger partial charge in [0.2, 0.25) is 0 Å². The minimum Gasteiger partial charge on any atom is -0.379 e. The van der Waals surface area contributed by atoms with E-state index in [1.54, 1.807) is 4.90 Å². The maximum atomic E-state index is 13.9. The number of pyridine rings is 1. The highest BCUT2D eigenvalue weighted by Crippen LogP contribution is 2.34. The van der Waals surface area contributed by atoms with Gasteiger partial charge in [-0.25, -0.2) is 9.97 Å². The Morgan fingerprint density at radius 1 is 1.22 bits per heavy atom. The highest BCUT2D eigenvalue weighted by molar-refractivity contribution is 7.22. The van der Waals surface area contributed by atoms with Gasteiger partial charge >= 0.3 is 0 Å². The molecule has 3 aromatic heterocycles. The van der Waals surface area contributed by atoms with E-state index < -0.39 is 0 Å². The summed E-state index contributed by atoms with van der Waals surface area (Å²) in [6.07, 6.45) is 1.88. The molecule has 1 fully saturated rings. The van der Waals surface area contributed by atoms with Crippen molar-refractivity contribution in [3.05, 3.63) is 58.5 Å². The molecule has 7 nitrogen and oxygen atoms in total. The molecule has 32 heavy (non-hydrogen) atoms. The summed E-state index contributed by atoms with van der Waals surface area (Å²) in [7, 11) is 0. The van der Waals surface area contributed by atoms with Gasteiger partial charge in [-0.05, 0) is 43.7 Å². The number of ether oxygens (including phenoxy) is 1. The summed E-state index contributed by atoms with van der Waals surface area (Å²) < 4.78 is 8.30. The number of fused-ring (bicyclic) bond motifs is 2. The van der Waals surface area contributed by atoms with Gasteiger partial charge in [0.25, 0.3) is 5.91 Å². The van der Waals surface area contributed by atoms with Crippen LogP contribution in [0.5, 0.6) is 0 Å². The number of aryl methyl sites for hydroxylation is 2. The Morgan fingerprint density at radius 3 is 2.84 bits per heavy atom. The summed E-state index contributed by atoms with van der Waals surface area (Å²) in [6.45, 7) is 8.33. The van der Waals surface area contributed by atoms with E-state index in [1.807, 2.05) is 54.8 Å². The first kappa shape index (κ1) is 21.3. The van der Waals surface area contributed by atoms with Crippen molar-refractivity contribution in [3.63, 3.8) is 0 Å². The van der Waals surface area contributed by atoms with Crippen LogP contribution in [0.25, 0.3) is 15.9 Å². The monoisotopic (exact) mass is 469 g/mol. The van der Waals surface area contributed by atoms with Crippen molar-refractivity contribution in [1.82, 2.24) is 19.3 Å². The Hall–Kier alpha value is -2.52. The lowest BCUT2D eigenvalue weighted by atomic mass is 10.2. The summed E-state index contributed by atoms with van der Waals surface area (Å²) in [6, 6.07) is 9.56. The second-order valence-corrected chi connectivity index (χ2v) is 9.40. The number of halogens is 1. The Balaban J connectivity index is 1.55. The molecule has 0 aliphatic carbocycles. The lowest BCUT2D eigenvalue weighted by molar-refractivity contribution is 0.0391. The molecule has 0 unspecified atom stereocenters. The van der Waals surface area contributed by atoms with Crippen LogP contribution in [0.15, 0.2) is 36.5 Å². The highest BCUT2D eigenvalue weighted by atomic mass is 35.5. The zero-order chi connectivity index (χ0) is 22.2. The standard InChI is InChI=1S/C23H24ClN5O2S/c1-15-13-17(24)14-18-20(15)26-23(32-18)29(8-7-27-9-11-31-12-10-27)22(30)21-16(2)25-19-5-3-4-6-28(19)21/h3-6,13-14H,7-12H2,1-2H3. The van der Waals surface area contributed by atoms with Crippen molar-refractivity contribution < 1.29 is 9.53 Å². The summed E-state index contributed by atoms with van der Waals surface area (Å²) in [5, 5.41) is 1.35. The molecule has 1 aromatic carbocycles. The number of nitrogens with zero attached hydrogens (tertiary/aromatic N) is 5. The van der Waals surface area contributed by atoms with Gasteiger partial charge in [-0.2, -0.15) is 0 Å². The number of imidazole rings is 1. The maximum absolute atomic E-state index is 13.9. The van der Waals surface area contributed by atoms with Crippen LogP contribution < -0.4 is 4.90 Å². The van der Waals surface area contributed by atoms with Crippen LogP contribution in [0.3, 0.4) is 0 Å². The molecule has 1 amide bonds. The minimum atomic E-state index is -0.0998. The van der Waals surface area contributed by atoms with Gasteiger partial charge in [0.05, 0.1) is 29.1 Å². The fourth-order valence-corrected chi connectivity index (χ4v) is 5.55. The number of benzene rings is 1. The van der Waals surface area contributed by atoms with Crippen LogP contribution >= 0.6 is 22.9 Å². The van der Waals surface area contributed by atoms with E-state index in [0.717, 1.165) is 54.3 Å². The first-order valence-electron chi connectivity index (χ1n) is 10.6. The number of carbonyl (C=O) groups is 1. The summed E-state index contributed by atoms with van der Waals surface area (Å²) in [4.78, 5) is 27.4. The second kappa shape index (κ2) is 8.78. The molecule has 4 aromatic rings. The number of hydrogen-bond acceptors (Lipinski definition) is 6. The first-order valence-corrected chi connectivity index (χ1v) is 11.8. The molecule has 0 spiro atoms. The van der Waals surface area contributed by atoms with Crippen molar-refractivity contribution in [2.45, 2.75) is 13.8 Å². The third kappa shape index (κ3) is 3.99. The average Bonchev–Trinajstić information content (AvgIpc) is 3.34. The molecule has 9 heteroatoms. The number of carbonyl (C=O) groups excluding carboxylic acids is 1. The van der Waals surface area contributed by atoms with Gasteiger partial charge in [0.1, 0.15) is 11.3 Å². The van der Waals surface area contributed by atoms with Crippen LogP contribution in [0, 0.1) is 13.8 Å². The van der Waals surface area contributed by atoms with E-state index >= 15 is 0 Å². The average molecular weight is 470 g/mol. The van der Waals surface area contributed by atoms with E-state index in [0.29, 0.717) is 28.1 Å². The van der Waals surface area contributed by atoms with Gasteiger partial charge < -0.3 is 4.74 Å². The number of rotatable bonds is 5. The fraction of sp³-hybridized carbons (Fsp3) is 0.348.